The van der Waals surface area contributed by atoms with Gasteiger partial charge in [-0.3, -0.25) is 9.69 Å². The number of aliphatic hydroxyl groups excluding tert-OH is 1. The SMILES string of the molecule is O=C(CC(Cl)CCO)N(c1ccccc1)c1ccccc1. The highest BCUT2D eigenvalue weighted by atomic mass is 35.5. The van der Waals surface area contributed by atoms with Gasteiger partial charge in [0.05, 0.1) is 0 Å². The van der Waals surface area contributed by atoms with E-state index in [2.05, 4.69) is 0 Å². The summed E-state index contributed by atoms with van der Waals surface area (Å²) in [5.41, 5.74) is 1.61. The molecule has 1 unspecified atom stereocenters. The number of para-hydroxylation sites is 2. The Hall–Kier alpha value is -1.84. The predicted octanol–water partition coefficient (Wildman–Crippen LogP) is 3.73. The van der Waals surface area contributed by atoms with E-state index in [0.29, 0.717) is 6.42 Å². The van der Waals surface area contributed by atoms with Gasteiger partial charge in [0, 0.05) is 29.8 Å². The maximum absolute atomic E-state index is 12.6. The van der Waals surface area contributed by atoms with E-state index in [-0.39, 0.29) is 24.3 Å². The molecule has 4 heteroatoms. The van der Waals surface area contributed by atoms with Crippen molar-refractivity contribution in [1.82, 2.24) is 0 Å². The van der Waals surface area contributed by atoms with Crippen molar-refractivity contribution in [2.75, 3.05) is 11.5 Å². The van der Waals surface area contributed by atoms with Crippen LogP contribution in [0.15, 0.2) is 60.7 Å². The molecule has 2 aromatic rings. The first-order valence-corrected chi connectivity index (χ1v) is 7.34. The molecule has 0 aliphatic heterocycles. The second-order valence-electron chi connectivity index (χ2n) is 4.71. The number of rotatable bonds is 6. The molecule has 0 spiro atoms. The molecule has 0 saturated heterocycles. The zero-order valence-corrected chi connectivity index (χ0v) is 12.4. The Bertz CT molecular complexity index is 520. The Morgan fingerprint density at radius 1 is 1.00 bits per heavy atom. The van der Waals surface area contributed by atoms with Gasteiger partial charge in [0.1, 0.15) is 0 Å². The number of alkyl halides is 1. The minimum atomic E-state index is -0.363. The summed E-state index contributed by atoms with van der Waals surface area (Å²) in [5, 5.41) is 8.55. The molecule has 0 fully saturated rings. The number of amides is 1. The molecular weight excluding hydrogens is 286 g/mol. The molecule has 2 aromatic carbocycles. The van der Waals surface area contributed by atoms with Crippen LogP contribution in [-0.2, 0) is 4.79 Å². The van der Waals surface area contributed by atoms with Crippen LogP contribution in [0.2, 0.25) is 0 Å². The van der Waals surface area contributed by atoms with Crippen LogP contribution in [0.25, 0.3) is 0 Å². The highest BCUT2D eigenvalue weighted by Gasteiger charge is 2.20. The first kappa shape index (κ1) is 15.5. The lowest BCUT2D eigenvalue weighted by Gasteiger charge is -2.24. The van der Waals surface area contributed by atoms with Crippen molar-refractivity contribution in [3.8, 4) is 0 Å². The van der Waals surface area contributed by atoms with E-state index >= 15 is 0 Å². The fourth-order valence-corrected chi connectivity index (χ4v) is 2.34. The van der Waals surface area contributed by atoms with Gasteiger partial charge >= 0.3 is 0 Å². The van der Waals surface area contributed by atoms with Gasteiger partial charge in [-0.15, -0.1) is 11.6 Å². The van der Waals surface area contributed by atoms with E-state index in [1.807, 2.05) is 60.7 Å². The molecule has 1 atom stereocenters. The molecule has 0 aliphatic rings. The molecule has 3 nitrogen and oxygen atoms in total. The lowest BCUT2D eigenvalue weighted by molar-refractivity contribution is -0.117. The molecular formula is C17H18ClNO2. The summed E-state index contributed by atoms with van der Waals surface area (Å²) in [6, 6.07) is 18.9. The number of anilines is 2. The van der Waals surface area contributed by atoms with Gasteiger partial charge < -0.3 is 5.11 Å². The number of hydrogen-bond acceptors (Lipinski definition) is 2. The fourth-order valence-electron chi connectivity index (χ4n) is 2.11. The third kappa shape index (κ3) is 4.31. The molecule has 0 aliphatic carbocycles. The molecule has 1 amide bonds. The van der Waals surface area contributed by atoms with Crippen LogP contribution in [-0.4, -0.2) is 23.0 Å². The fraction of sp³-hybridized carbons (Fsp3) is 0.235. The molecule has 0 heterocycles. The van der Waals surface area contributed by atoms with Crippen molar-refractivity contribution < 1.29 is 9.90 Å². The molecule has 1 N–H and O–H groups in total. The summed E-state index contributed by atoms with van der Waals surface area (Å²) in [4.78, 5) is 14.2. The highest BCUT2D eigenvalue weighted by molar-refractivity contribution is 6.22. The van der Waals surface area contributed by atoms with E-state index in [4.69, 9.17) is 16.7 Å². The van der Waals surface area contributed by atoms with Crippen molar-refractivity contribution in [2.24, 2.45) is 0 Å². The quantitative estimate of drug-likeness (QED) is 0.826. The number of benzene rings is 2. The smallest absolute Gasteiger partial charge is 0.233 e. The van der Waals surface area contributed by atoms with Gasteiger partial charge in [0.25, 0.3) is 0 Å². The first-order valence-electron chi connectivity index (χ1n) is 6.90. The Labute approximate surface area is 129 Å². The summed E-state index contributed by atoms with van der Waals surface area (Å²) in [6.45, 7) is -0.0158. The van der Waals surface area contributed by atoms with Gasteiger partial charge in [-0.2, -0.15) is 0 Å². The number of nitrogens with zero attached hydrogens (tertiary/aromatic N) is 1. The van der Waals surface area contributed by atoms with Gasteiger partial charge in [-0.05, 0) is 30.7 Å². The summed E-state index contributed by atoms with van der Waals surface area (Å²) in [6.07, 6.45) is 0.594. The molecule has 2 rings (SSSR count). The average molecular weight is 304 g/mol. The monoisotopic (exact) mass is 303 g/mol. The molecule has 21 heavy (non-hydrogen) atoms. The number of hydrogen-bond donors (Lipinski definition) is 1. The van der Waals surface area contributed by atoms with Crippen molar-refractivity contribution in [3.05, 3.63) is 60.7 Å². The molecule has 0 saturated carbocycles. The third-order valence-corrected chi connectivity index (χ3v) is 3.49. The van der Waals surface area contributed by atoms with Crippen molar-refractivity contribution in [2.45, 2.75) is 18.2 Å². The normalized spacial score (nSPS) is 11.9. The number of halogens is 1. The first-order chi connectivity index (χ1) is 10.2. The lowest BCUT2D eigenvalue weighted by atomic mass is 10.1. The van der Waals surface area contributed by atoms with Gasteiger partial charge in [-0.1, -0.05) is 36.4 Å². The predicted molar refractivity (Wildman–Crippen MR) is 86.0 cm³/mol. The Morgan fingerprint density at radius 2 is 1.48 bits per heavy atom. The van der Waals surface area contributed by atoms with E-state index in [9.17, 15) is 4.79 Å². The number of aliphatic hydroxyl groups is 1. The molecule has 0 bridgehead atoms. The Balaban J connectivity index is 2.27. The Kier molecular flexibility index (Phi) is 5.78. The van der Waals surface area contributed by atoms with Crippen LogP contribution < -0.4 is 4.90 Å². The topological polar surface area (TPSA) is 40.5 Å². The van der Waals surface area contributed by atoms with Gasteiger partial charge in [-0.25, -0.2) is 0 Å². The highest BCUT2D eigenvalue weighted by Crippen LogP contribution is 2.26. The van der Waals surface area contributed by atoms with E-state index < -0.39 is 0 Å². The van der Waals surface area contributed by atoms with Crippen LogP contribution >= 0.6 is 11.6 Å². The number of carbonyl (C=O) groups excluding carboxylic acids is 1. The lowest BCUT2D eigenvalue weighted by Crippen LogP contribution is -2.28. The average Bonchev–Trinajstić information content (AvgIpc) is 2.50. The second kappa shape index (κ2) is 7.81. The standard InChI is InChI=1S/C17H18ClNO2/c18-14(11-12-20)13-17(21)19(15-7-3-1-4-8-15)16-9-5-2-6-10-16/h1-10,14,20H,11-13H2. The van der Waals surface area contributed by atoms with Crippen LogP contribution in [0, 0.1) is 0 Å². The zero-order valence-electron chi connectivity index (χ0n) is 11.7. The summed E-state index contributed by atoms with van der Waals surface area (Å²) in [5.74, 6) is -0.0825. The summed E-state index contributed by atoms with van der Waals surface area (Å²) in [7, 11) is 0. The minimum absolute atomic E-state index is 0.0158. The largest absolute Gasteiger partial charge is 0.396 e. The van der Waals surface area contributed by atoms with Crippen molar-refractivity contribution in [3.63, 3.8) is 0 Å². The Morgan fingerprint density at radius 3 is 1.90 bits per heavy atom. The summed E-state index contributed by atoms with van der Waals surface area (Å²) >= 11 is 6.09. The van der Waals surface area contributed by atoms with E-state index in [1.54, 1.807) is 4.90 Å². The third-order valence-electron chi connectivity index (χ3n) is 3.12. The molecule has 0 radical (unpaired) electrons. The van der Waals surface area contributed by atoms with Crippen LogP contribution in [0.4, 0.5) is 11.4 Å². The van der Waals surface area contributed by atoms with Crippen LogP contribution in [0.3, 0.4) is 0 Å². The molecule has 110 valence electrons. The summed E-state index contributed by atoms with van der Waals surface area (Å²) < 4.78 is 0. The maximum Gasteiger partial charge on any atom is 0.233 e. The molecule has 0 aromatic heterocycles. The maximum atomic E-state index is 12.6. The van der Waals surface area contributed by atoms with Gasteiger partial charge in [0.15, 0.2) is 0 Å². The van der Waals surface area contributed by atoms with Crippen LogP contribution in [0.1, 0.15) is 12.8 Å². The number of carbonyl (C=O) groups is 1. The van der Waals surface area contributed by atoms with Crippen molar-refractivity contribution >= 4 is 28.9 Å². The second-order valence-corrected chi connectivity index (χ2v) is 5.33. The van der Waals surface area contributed by atoms with Gasteiger partial charge in [0.2, 0.25) is 5.91 Å². The van der Waals surface area contributed by atoms with Crippen molar-refractivity contribution in [1.29, 1.82) is 0 Å². The van der Waals surface area contributed by atoms with Crippen LogP contribution in [0.5, 0.6) is 0 Å². The van der Waals surface area contributed by atoms with E-state index in [0.717, 1.165) is 11.4 Å². The minimum Gasteiger partial charge on any atom is -0.396 e. The van der Waals surface area contributed by atoms with E-state index in [1.165, 1.54) is 0 Å². The zero-order chi connectivity index (χ0) is 15.1.